The van der Waals surface area contributed by atoms with Gasteiger partial charge in [0.1, 0.15) is 0 Å². The van der Waals surface area contributed by atoms with Gasteiger partial charge in [-0.3, -0.25) is 9.69 Å². The first-order valence-electron chi connectivity index (χ1n) is 12.1. The van der Waals surface area contributed by atoms with Crippen LogP contribution in [0.2, 0.25) is 0 Å². The summed E-state index contributed by atoms with van der Waals surface area (Å²) in [4.78, 5) is 19.7. The number of hydrogen-bond acceptors (Lipinski definition) is 4. The summed E-state index contributed by atoms with van der Waals surface area (Å²) in [7, 11) is 0. The van der Waals surface area contributed by atoms with Gasteiger partial charge < -0.3 is 14.9 Å². The van der Waals surface area contributed by atoms with Crippen LogP contribution >= 0.6 is 0 Å². The van der Waals surface area contributed by atoms with Gasteiger partial charge in [-0.15, -0.1) is 0 Å². The van der Waals surface area contributed by atoms with E-state index in [4.69, 9.17) is 0 Å². The molecule has 0 aromatic heterocycles. The Morgan fingerprint density at radius 3 is 2.40 bits per heavy atom. The summed E-state index contributed by atoms with van der Waals surface area (Å²) < 4.78 is 0. The highest BCUT2D eigenvalue weighted by Gasteiger charge is 2.49. The highest BCUT2D eigenvalue weighted by Crippen LogP contribution is 2.49. The van der Waals surface area contributed by atoms with E-state index < -0.39 is 5.60 Å². The second-order valence-corrected chi connectivity index (χ2v) is 9.47. The Morgan fingerprint density at radius 2 is 1.73 bits per heavy atom. The van der Waals surface area contributed by atoms with Crippen molar-refractivity contribution in [1.29, 1.82) is 0 Å². The number of hydrogen-bond donors (Lipinski definition) is 1. The summed E-state index contributed by atoms with van der Waals surface area (Å²) in [6.45, 7) is 9.46. The first-order valence-corrected chi connectivity index (χ1v) is 12.1. The SMILES string of the molecule is CCN(CC)c1ccc([C@H]2C3CCCCC3(O)CCN2CC(=O)N2CCCC2)cc1. The molecule has 2 unspecified atom stereocenters. The maximum absolute atomic E-state index is 13.0. The molecule has 1 aromatic rings. The van der Waals surface area contributed by atoms with E-state index in [-0.39, 0.29) is 17.9 Å². The lowest BCUT2D eigenvalue weighted by molar-refractivity contribution is -0.144. The van der Waals surface area contributed by atoms with E-state index in [1.807, 2.05) is 4.90 Å². The number of benzene rings is 1. The third-order valence-corrected chi connectivity index (χ3v) is 7.83. The molecule has 0 bridgehead atoms. The summed E-state index contributed by atoms with van der Waals surface area (Å²) >= 11 is 0. The lowest BCUT2D eigenvalue weighted by Gasteiger charge is -2.52. The summed E-state index contributed by atoms with van der Waals surface area (Å²) in [6, 6.07) is 9.05. The van der Waals surface area contributed by atoms with Crippen LogP contribution in [-0.4, -0.2) is 65.7 Å². The number of carbonyl (C=O) groups excluding carboxylic acids is 1. The Bertz CT molecular complexity index is 712. The molecule has 1 aromatic carbocycles. The predicted octanol–water partition coefficient (Wildman–Crippen LogP) is 3.82. The zero-order chi connectivity index (χ0) is 21.1. The van der Waals surface area contributed by atoms with Crippen LogP contribution in [0.1, 0.15) is 70.4 Å². The van der Waals surface area contributed by atoms with Gasteiger partial charge in [0.05, 0.1) is 12.1 Å². The zero-order valence-electron chi connectivity index (χ0n) is 18.9. The van der Waals surface area contributed by atoms with Crippen molar-refractivity contribution in [2.45, 2.75) is 70.4 Å². The monoisotopic (exact) mass is 413 g/mol. The van der Waals surface area contributed by atoms with Crippen LogP contribution in [0.25, 0.3) is 0 Å². The first-order chi connectivity index (χ1) is 14.6. The van der Waals surface area contributed by atoms with E-state index >= 15 is 0 Å². The molecule has 1 saturated carbocycles. The van der Waals surface area contributed by atoms with E-state index in [1.54, 1.807) is 0 Å². The number of likely N-dealkylation sites (tertiary alicyclic amines) is 2. The highest BCUT2D eigenvalue weighted by molar-refractivity contribution is 5.78. The van der Waals surface area contributed by atoms with Gasteiger partial charge in [-0.1, -0.05) is 25.0 Å². The number of fused-ring (bicyclic) bond motifs is 1. The quantitative estimate of drug-likeness (QED) is 0.770. The average Bonchev–Trinajstić information content (AvgIpc) is 3.30. The molecule has 1 N–H and O–H groups in total. The maximum atomic E-state index is 13.0. The number of piperidine rings is 1. The Labute approximate surface area is 182 Å². The second kappa shape index (κ2) is 9.27. The largest absolute Gasteiger partial charge is 0.389 e. The molecule has 2 heterocycles. The number of amides is 1. The number of aliphatic hydroxyl groups is 1. The van der Waals surface area contributed by atoms with Crippen LogP contribution in [0.4, 0.5) is 5.69 Å². The fraction of sp³-hybridized carbons (Fsp3) is 0.720. The van der Waals surface area contributed by atoms with E-state index in [0.29, 0.717) is 6.54 Å². The summed E-state index contributed by atoms with van der Waals surface area (Å²) in [6.07, 6.45) is 7.29. The Kier molecular flexibility index (Phi) is 6.69. The molecular weight excluding hydrogens is 374 g/mol. The van der Waals surface area contributed by atoms with Crippen molar-refractivity contribution in [2.24, 2.45) is 5.92 Å². The number of rotatable bonds is 6. The molecule has 166 valence electrons. The van der Waals surface area contributed by atoms with Gasteiger partial charge >= 0.3 is 0 Å². The molecule has 5 nitrogen and oxygen atoms in total. The lowest BCUT2D eigenvalue weighted by atomic mass is 9.66. The molecule has 3 aliphatic rings. The summed E-state index contributed by atoms with van der Waals surface area (Å²) in [5, 5.41) is 11.5. The van der Waals surface area contributed by atoms with Gasteiger partial charge in [-0.2, -0.15) is 0 Å². The molecule has 3 fully saturated rings. The first kappa shape index (κ1) is 21.6. The molecule has 1 aliphatic carbocycles. The molecular formula is C25H39N3O2. The van der Waals surface area contributed by atoms with Crippen LogP contribution in [0.5, 0.6) is 0 Å². The summed E-state index contributed by atoms with van der Waals surface area (Å²) in [5.41, 5.74) is 1.93. The Morgan fingerprint density at radius 1 is 1.03 bits per heavy atom. The molecule has 3 atom stereocenters. The van der Waals surface area contributed by atoms with Crippen molar-refractivity contribution in [3.63, 3.8) is 0 Å². The van der Waals surface area contributed by atoms with Crippen LogP contribution in [0, 0.1) is 5.92 Å². The van der Waals surface area contributed by atoms with Gasteiger partial charge in [0.15, 0.2) is 0 Å². The third-order valence-electron chi connectivity index (χ3n) is 7.83. The van der Waals surface area contributed by atoms with Crippen LogP contribution in [0.3, 0.4) is 0 Å². The van der Waals surface area contributed by atoms with Crippen molar-refractivity contribution < 1.29 is 9.90 Å². The van der Waals surface area contributed by atoms with Crippen LogP contribution in [-0.2, 0) is 4.79 Å². The fourth-order valence-corrected chi connectivity index (χ4v) is 6.07. The van der Waals surface area contributed by atoms with Gasteiger partial charge in [0.25, 0.3) is 0 Å². The smallest absolute Gasteiger partial charge is 0.236 e. The molecule has 0 spiro atoms. The van der Waals surface area contributed by atoms with Crippen molar-refractivity contribution in [3.05, 3.63) is 29.8 Å². The van der Waals surface area contributed by atoms with Crippen molar-refractivity contribution in [3.8, 4) is 0 Å². The van der Waals surface area contributed by atoms with E-state index in [9.17, 15) is 9.90 Å². The minimum absolute atomic E-state index is 0.126. The number of anilines is 1. The molecule has 4 rings (SSSR count). The van der Waals surface area contributed by atoms with Crippen molar-refractivity contribution >= 4 is 11.6 Å². The topological polar surface area (TPSA) is 47.0 Å². The van der Waals surface area contributed by atoms with E-state index in [1.165, 1.54) is 17.7 Å². The van der Waals surface area contributed by atoms with Crippen LogP contribution in [0.15, 0.2) is 24.3 Å². The summed E-state index contributed by atoms with van der Waals surface area (Å²) in [5.74, 6) is 0.476. The van der Waals surface area contributed by atoms with Gasteiger partial charge in [0.2, 0.25) is 5.91 Å². The highest BCUT2D eigenvalue weighted by atomic mass is 16.3. The van der Waals surface area contributed by atoms with Crippen molar-refractivity contribution in [1.82, 2.24) is 9.80 Å². The second-order valence-electron chi connectivity index (χ2n) is 9.47. The zero-order valence-corrected chi connectivity index (χ0v) is 18.9. The minimum atomic E-state index is -0.576. The minimum Gasteiger partial charge on any atom is -0.389 e. The molecule has 2 saturated heterocycles. The molecule has 0 radical (unpaired) electrons. The molecule has 1 amide bonds. The standard InChI is InChI=1S/C25H39N3O2/c1-3-26(4-2)21-12-10-20(11-13-21)24-22-9-5-6-14-25(22,30)15-18-28(24)19-23(29)27-16-7-8-17-27/h10-13,22,24,30H,3-9,14-19H2,1-2H3/t22?,24-,25?/m0/s1. The average molecular weight is 414 g/mol. The number of carbonyl (C=O) groups is 1. The normalized spacial score (nSPS) is 29.6. The Hall–Kier alpha value is -1.59. The van der Waals surface area contributed by atoms with Crippen molar-refractivity contribution in [2.75, 3.05) is 44.2 Å². The van der Waals surface area contributed by atoms with Gasteiger partial charge in [-0.25, -0.2) is 0 Å². The van der Waals surface area contributed by atoms with E-state index in [0.717, 1.165) is 71.2 Å². The van der Waals surface area contributed by atoms with Gasteiger partial charge in [0, 0.05) is 50.4 Å². The fourth-order valence-electron chi connectivity index (χ4n) is 6.07. The molecule has 30 heavy (non-hydrogen) atoms. The molecule has 5 heteroatoms. The maximum Gasteiger partial charge on any atom is 0.236 e. The lowest BCUT2D eigenvalue weighted by Crippen LogP contribution is -2.56. The molecule has 2 aliphatic heterocycles. The predicted molar refractivity (Wildman–Crippen MR) is 122 cm³/mol. The Balaban J connectivity index is 1.60. The van der Waals surface area contributed by atoms with Gasteiger partial charge in [-0.05, 0) is 63.6 Å². The number of nitrogens with zero attached hydrogens (tertiary/aromatic N) is 3. The third kappa shape index (κ3) is 4.24. The van der Waals surface area contributed by atoms with Crippen LogP contribution < -0.4 is 4.90 Å². The van der Waals surface area contributed by atoms with E-state index in [2.05, 4.69) is 47.9 Å².